The first-order valence-corrected chi connectivity index (χ1v) is 6.09. The zero-order chi connectivity index (χ0) is 12.1. The lowest BCUT2D eigenvalue weighted by Gasteiger charge is -2.08. The summed E-state index contributed by atoms with van der Waals surface area (Å²) in [4.78, 5) is 12.5. The fraction of sp³-hybridized carbons (Fsp3) is 0.727. The second-order valence-electron chi connectivity index (χ2n) is 4.16. The zero-order valence-corrected chi connectivity index (χ0v) is 10.4. The number of nitrogens with one attached hydrogen (secondary N) is 2. The van der Waals surface area contributed by atoms with Crippen LogP contribution in [0.5, 0.6) is 6.01 Å². The molecule has 0 atom stereocenters. The smallest absolute Gasteiger partial charge is 0.322 e. The molecule has 2 N–H and O–H groups in total. The monoisotopic (exact) mass is 237 g/mol. The molecule has 0 aromatic carbocycles. The van der Waals surface area contributed by atoms with Gasteiger partial charge in [-0.1, -0.05) is 12.8 Å². The number of methoxy groups -OCH3 is 1. The maximum absolute atomic E-state index is 5.04. The molecule has 1 aromatic heterocycles. The van der Waals surface area contributed by atoms with Crippen molar-refractivity contribution < 1.29 is 4.74 Å². The van der Waals surface area contributed by atoms with Gasteiger partial charge in [0.25, 0.3) is 0 Å². The maximum atomic E-state index is 5.04. The predicted molar refractivity (Wildman–Crippen MR) is 66.4 cm³/mol. The van der Waals surface area contributed by atoms with Crippen LogP contribution in [0.2, 0.25) is 0 Å². The van der Waals surface area contributed by atoms with Crippen molar-refractivity contribution in [3.8, 4) is 6.01 Å². The molecule has 1 heterocycles. The molecule has 0 unspecified atom stereocenters. The van der Waals surface area contributed by atoms with Gasteiger partial charge in [0.05, 0.1) is 7.11 Å². The van der Waals surface area contributed by atoms with Crippen LogP contribution in [0.25, 0.3) is 0 Å². The summed E-state index contributed by atoms with van der Waals surface area (Å²) in [5, 5.41) is 6.26. The summed E-state index contributed by atoms with van der Waals surface area (Å²) >= 11 is 0. The Kier molecular flexibility index (Phi) is 3.95. The van der Waals surface area contributed by atoms with Gasteiger partial charge in [-0.25, -0.2) is 0 Å². The molecule has 0 radical (unpaired) electrons. The Balaban J connectivity index is 1.94. The topological polar surface area (TPSA) is 72.0 Å². The van der Waals surface area contributed by atoms with Gasteiger partial charge in [0, 0.05) is 13.1 Å². The third-order valence-corrected chi connectivity index (χ3v) is 2.66. The SMILES string of the molecule is CCNc1nc(NCCC2CC2)nc(OC)n1. The van der Waals surface area contributed by atoms with Crippen LogP contribution in [0, 0.1) is 5.92 Å². The Morgan fingerprint density at radius 3 is 2.47 bits per heavy atom. The molecule has 0 aliphatic heterocycles. The number of anilines is 2. The minimum atomic E-state index is 0.338. The standard InChI is InChI=1S/C11H19N5O/c1-3-12-9-14-10(16-11(15-9)17-2)13-7-6-8-4-5-8/h8H,3-7H2,1-2H3,(H2,12,13,14,15,16). The van der Waals surface area contributed by atoms with Crippen LogP contribution in [-0.2, 0) is 0 Å². The molecule has 6 nitrogen and oxygen atoms in total. The van der Waals surface area contributed by atoms with Crippen molar-refractivity contribution in [2.45, 2.75) is 26.2 Å². The molecule has 1 saturated carbocycles. The highest BCUT2D eigenvalue weighted by atomic mass is 16.5. The molecular weight excluding hydrogens is 218 g/mol. The van der Waals surface area contributed by atoms with Gasteiger partial charge < -0.3 is 15.4 Å². The Morgan fingerprint density at radius 1 is 1.18 bits per heavy atom. The number of hydrogen-bond acceptors (Lipinski definition) is 6. The number of rotatable bonds is 7. The lowest BCUT2D eigenvalue weighted by atomic mass is 10.3. The Morgan fingerprint density at radius 2 is 1.88 bits per heavy atom. The van der Waals surface area contributed by atoms with E-state index in [-0.39, 0.29) is 0 Å². The first-order chi connectivity index (χ1) is 8.31. The first-order valence-electron chi connectivity index (χ1n) is 6.09. The van der Waals surface area contributed by atoms with Gasteiger partial charge in [0.1, 0.15) is 0 Å². The molecule has 6 heteroatoms. The van der Waals surface area contributed by atoms with Crippen molar-refractivity contribution in [2.24, 2.45) is 5.92 Å². The van der Waals surface area contributed by atoms with Gasteiger partial charge in [-0.15, -0.1) is 0 Å². The summed E-state index contributed by atoms with van der Waals surface area (Å²) in [5.74, 6) is 2.03. The average Bonchev–Trinajstić information content (AvgIpc) is 3.13. The quantitative estimate of drug-likeness (QED) is 0.749. The van der Waals surface area contributed by atoms with Crippen LogP contribution in [0.3, 0.4) is 0 Å². The van der Waals surface area contributed by atoms with E-state index < -0.39 is 0 Å². The zero-order valence-electron chi connectivity index (χ0n) is 10.4. The normalized spacial score (nSPS) is 14.5. The summed E-state index contributed by atoms with van der Waals surface area (Å²) in [6, 6.07) is 0.338. The summed E-state index contributed by atoms with van der Waals surface area (Å²) in [7, 11) is 1.55. The van der Waals surface area contributed by atoms with Crippen molar-refractivity contribution in [3.05, 3.63) is 0 Å². The van der Waals surface area contributed by atoms with Crippen LogP contribution in [0.15, 0.2) is 0 Å². The van der Waals surface area contributed by atoms with Crippen molar-refractivity contribution in [1.82, 2.24) is 15.0 Å². The molecule has 0 saturated heterocycles. The van der Waals surface area contributed by atoms with E-state index in [4.69, 9.17) is 4.74 Å². The molecule has 94 valence electrons. The van der Waals surface area contributed by atoms with E-state index in [0.29, 0.717) is 17.9 Å². The van der Waals surface area contributed by atoms with Crippen molar-refractivity contribution >= 4 is 11.9 Å². The minimum Gasteiger partial charge on any atom is -0.467 e. The predicted octanol–water partition coefficient (Wildman–Crippen LogP) is 1.52. The number of ether oxygens (including phenoxy) is 1. The molecular formula is C11H19N5O. The fourth-order valence-corrected chi connectivity index (χ4v) is 1.56. The van der Waals surface area contributed by atoms with Crippen molar-refractivity contribution in [1.29, 1.82) is 0 Å². The molecule has 1 aliphatic carbocycles. The maximum Gasteiger partial charge on any atom is 0.322 e. The summed E-state index contributed by atoms with van der Waals surface area (Å²) in [5.41, 5.74) is 0. The first kappa shape index (κ1) is 11.9. The molecule has 17 heavy (non-hydrogen) atoms. The Labute approximate surface area is 101 Å². The molecule has 1 aromatic rings. The third kappa shape index (κ3) is 3.72. The minimum absolute atomic E-state index is 0.338. The van der Waals surface area contributed by atoms with Gasteiger partial charge in [0.2, 0.25) is 11.9 Å². The number of aromatic nitrogens is 3. The summed E-state index contributed by atoms with van der Waals surface area (Å²) < 4.78 is 5.04. The van der Waals surface area contributed by atoms with Gasteiger partial charge in [-0.2, -0.15) is 15.0 Å². The highest BCUT2D eigenvalue weighted by molar-refractivity contribution is 5.35. The van der Waals surface area contributed by atoms with Gasteiger partial charge in [-0.3, -0.25) is 0 Å². The van der Waals surface area contributed by atoms with Gasteiger partial charge in [0.15, 0.2) is 0 Å². The second kappa shape index (κ2) is 5.65. The highest BCUT2D eigenvalue weighted by Gasteiger charge is 2.20. The second-order valence-corrected chi connectivity index (χ2v) is 4.16. The third-order valence-electron chi connectivity index (χ3n) is 2.66. The number of hydrogen-bond donors (Lipinski definition) is 2. The lowest BCUT2D eigenvalue weighted by Crippen LogP contribution is -2.11. The molecule has 1 aliphatic rings. The van der Waals surface area contributed by atoms with Crippen LogP contribution >= 0.6 is 0 Å². The van der Waals surface area contributed by atoms with E-state index in [0.717, 1.165) is 19.0 Å². The fourth-order valence-electron chi connectivity index (χ4n) is 1.56. The van der Waals surface area contributed by atoms with E-state index in [1.165, 1.54) is 19.3 Å². The van der Waals surface area contributed by atoms with Gasteiger partial charge >= 0.3 is 6.01 Å². The Hall–Kier alpha value is -1.59. The van der Waals surface area contributed by atoms with E-state index in [1.807, 2.05) is 6.92 Å². The van der Waals surface area contributed by atoms with Gasteiger partial charge in [-0.05, 0) is 19.3 Å². The van der Waals surface area contributed by atoms with Crippen LogP contribution < -0.4 is 15.4 Å². The molecule has 1 fully saturated rings. The molecule has 2 rings (SSSR count). The van der Waals surface area contributed by atoms with Crippen molar-refractivity contribution in [2.75, 3.05) is 30.8 Å². The average molecular weight is 237 g/mol. The Bertz CT molecular complexity index is 367. The largest absolute Gasteiger partial charge is 0.467 e. The van der Waals surface area contributed by atoms with E-state index in [1.54, 1.807) is 7.11 Å². The van der Waals surface area contributed by atoms with E-state index in [9.17, 15) is 0 Å². The molecule has 0 bridgehead atoms. The van der Waals surface area contributed by atoms with Crippen LogP contribution in [0.1, 0.15) is 26.2 Å². The summed E-state index contributed by atoms with van der Waals surface area (Å²) in [6.07, 6.45) is 3.92. The highest BCUT2D eigenvalue weighted by Crippen LogP contribution is 2.31. The lowest BCUT2D eigenvalue weighted by molar-refractivity contribution is 0.379. The summed E-state index contributed by atoms with van der Waals surface area (Å²) in [6.45, 7) is 3.68. The molecule has 0 amide bonds. The van der Waals surface area contributed by atoms with Crippen molar-refractivity contribution in [3.63, 3.8) is 0 Å². The molecule has 0 spiro atoms. The number of nitrogens with zero attached hydrogens (tertiary/aromatic N) is 3. The van der Waals surface area contributed by atoms with E-state index in [2.05, 4.69) is 25.6 Å². The van der Waals surface area contributed by atoms with E-state index >= 15 is 0 Å². The van der Waals surface area contributed by atoms with Crippen LogP contribution in [-0.4, -0.2) is 35.2 Å². The van der Waals surface area contributed by atoms with Crippen LogP contribution in [0.4, 0.5) is 11.9 Å².